The molecular weight excluding hydrogens is 294 g/mol. The number of alkyl halides is 1. The number of amides is 1. The summed E-state index contributed by atoms with van der Waals surface area (Å²) in [6, 6.07) is 7.99. The normalized spacial score (nSPS) is 19.9. The third kappa shape index (κ3) is 2.75. The molecule has 0 bridgehead atoms. The Morgan fingerprint density at radius 3 is 3.00 bits per heavy atom. The van der Waals surface area contributed by atoms with E-state index in [0.29, 0.717) is 19.8 Å². The lowest BCUT2D eigenvalue weighted by molar-refractivity contribution is 0.00519. The molecule has 0 N–H and O–H groups in total. The van der Waals surface area contributed by atoms with Crippen LogP contribution in [0.25, 0.3) is 0 Å². The van der Waals surface area contributed by atoms with Crippen LogP contribution in [0.4, 0.5) is 0 Å². The summed E-state index contributed by atoms with van der Waals surface area (Å²) in [6.07, 6.45) is 0.880. The lowest BCUT2D eigenvalue weighted by atomic mass is 10.0. The van der Waals surface area contributed by atoms with Gasteiger partial charge in [0.2, 0.25) is 0 Å². The highest BCUT2D eigenvalue weighted by Crippen LogP contribution is 2.17. The van der Waals surface area contributed by atoms with Gasteiger partial charge >= 0.3 is 0 Å². The van der Waals surface area contributed by atoms with Crippen molar-refractivity contribution in [2.75, 3.05) is 25.1 Å². The van der Waals surface area contributed by atoms with Gasteiger partial charge in [0.15, 0.2) is 0 Å². The van der Waals surface area contributed by atoms with Crippen molar-refractivity contribution >= 4 is 21.8 Å². The van der Waals surface area contributed by atoms with Crippen LogP contribution in [0, 0.1) is 0 Å². The van der Waals surface area contributed by atoms with Gasteiger partial charge in [0.25, 0.3) is 5.91 Å². The standard InChI is InChI=1S/C14H18BrNO2/c1-2-11-5-3-4-6-13(11)14(17)16-7-8-18-10-12(16)9-15/h3-6,12H,2,7-10H2,1H3. The number of carbonyl (C=O) groups excluding carboxylic acids is 1. The zero-order valence-electron chi connectivity index (χ0n) is 10.6. The van der Waals surface area contributed by atoms with Gasteiger partial charge in [0.1, 0.15) is 0 Å². The van der Waals surface area contributed by atoms with E-state index in [0.717, 1.165) is 22.9 Å². The lowest BCUT2D eigenvalue weighted by Gasteiger charge is -2.35. The molecule has 1 amide bonds. The van der Waals surface area contributed by atoms with Gasteiger partial charge in [-0.05, 0) is 18.1 Å². The molecule has 1 unspecified atom stereocenters. The molecule has 2 rings (SSSR count). The molecular formula is C14H18BrNO2. The Morgan fingerprint density at radius 2 is 2.28 bits per heavy atom. The molecule has 98 valence electrons. The Hall–Kier alpha value is -0.870. The molecule has 4 heteroatoms. The quantitative estimate of drug-likeness (QED) is 0.803. The second-order valence-electron chi connectivity index (χ2n) is 4.39. The predicted octanol–water partition coefficient (Wildman–Crippen LogP) is 2.48. The van der Waals surface area contributed by atoms with Crippen LogP contribution in [0.1, 0.15) is 22.8 Å². The largest absolute Gasteiger partial charge is 0.377 e. The Bertz CT molecular complexity index is 422. The van der Waals surface area contributed by atoms with Crippen LogP contribution in [0.15, 0.2) is 24.3 Å². The topological polar surface area (TPSA) is 29.5 Å². The Labute approximate surface area is 116 Å². The first-order chi connectivity index (χ1) is 8.77. The second-order valence-corrected chi connectivity index (χ2v) is 5.04. The molecule has 0 aromatic heterocycles. The van der Waals surface area contributed by atoms with Crippen molar-refractivity contribution < 1.29 is 9.53 Å². The van der Waals surface area contributed by atoms with Crippen molar-refractivity contribution in [1.82, 2.24) is 4.90 Å². The summed E-state index contributed by atoms with van der Waals surface area (Å²) < 4.78 is 5.42. The van der Waals surface area contributed by atoms with Gasteiger partial charge in [-0.1, -0.05) is 41.1 Å². The van der Waals surface area contributed by atoms with Crippen LogP contribution in [-0.4, -0.2) is 41.9 Å². The molecule has 1 aliphatic heterocycles. The molecule has 0 radical (unpaired) electrons. The minimum Gasteiger partial charge on any atom is -0.377 e. The highest BCUT2D eigenvalue weighted by molar-refractivity contribution is 9.09. The average Bonchev–Trinajstić information content (AvgIpc) is 2.46. The van der Waals surface area contributed by atoms with Crippen LogP contribution in [0.5, 0.6) is 0 Å². The number of nitrogens with zero attached hydrogens (tertiary/aromatic N) is 1. The van der Waals surface area contributed by atoms with Crippen molar-refractivity contribution in [2.45, 2.75) is 19.4 Å². The van der Waals surface area contributed by atoms with Crippen molar-refractivity contribution in [3.8, 4) is 0 Å². The predicted molar refractivity (Wildman–Crippen MR) is 75.3 cm³/mol. The van der Waals surface area contributed by atoms with Gasteiger partial charge < -0.3 is 9.64 Å². The van der Waals surface area contributed by atoms with E-state index in [1.807, 2.05) is 29.2 Å². The summed E-state index contributed by atoms with van der Waals surface area (Å²) in [5, 5.41) is 0.757. The molecule has 1 aromatic rings. The third-order valence-electron chi connectivity index (χ3n) is 3.30. The van der Waals surface area contributed by atoms with Crippen LogP contribution in [0.3, 0.4) is 0 Å². The molecule has 3 nitrogen and oxygen atoms in total. The van der Waals surface area contributed by atoms with E-state index in [2.05, 4.69) is 22.9 Å². The van der Waals surface area contributed by atoms with Crippen molar-refractivity contribution in [2.24, 2.45) is 0 Å². The van der Waals surface area contributed by atoms with Gasteiger partial charge in [-0.3, -0.25) is 4.79 Å². The minimum absolute atomic E-state index is 0.125. The number of aryl methyl sites for hydroxylation is 1. The van der Waals surface area contributed by atoms with Gasteiger partial charge in [-0.15, -0.1) is 0 Å². The summed E-state index contributed by atoms with van der Waals surface area (Å²) in [5.41, 5.74) is 1.94. The first kappa shape index (κ1) is 13.6. The lowest BCUT2D eigenvalue weighted by Crippen LogP contribution is -2.49. The number of hydrogen-bond acceptors (Lipinski definition) is 2. The zero-order valence-corrected chi connectivity index (χ0v) is 12.1. The number of carbonyl (C=O) groups is 1. The fourth-order valence-corrected chi connectivity index (χ4v) is 2.78. The molecule has 1 aromatic carbocycles. The fourth-order valence-electron chi connectivity index (χ4n) is 2.24. The molecule has 1 heterocycles. The molecule has 0 spiro atoms. The summed E-state index contributed by atoms with van der Waals surface area (Å²) in [7, 11) is 0. The van der Waals surface area contributed by atoms with E-state index in [1.54, 1.807) is 0 Å². The average molecular weight is 312 g/mol. The molecule has 1 aliphatic rings. The fraction of sp³-hybridized carbons (Fsp3) is 0.500. The van der Waals surface area contributed by atoms with Gasteiger partial charge in [0.05, 0.1) is 19.3 Å². The second kappa shape index (κ2) is 6.34. The minimum atomic E-state index is 0.125. The van der Waals surface area contributed by atoms with E-state index >= 15 is 0 Å². The number of benzene rings is 1. The SMILES string of the molecule is CCc1ccccc1C(=O)N1CCOCC1CBr. The van der Waals surface area contributed by atoms with E-state index in [1.165, 1.54) is 0 Å². The Balaban J connectivity index is 2.24. The molecule has 1 fully saturated rings. The third-order valence-corrected chi connectivity index (χ3v) is 4.04. The van der Waals surface area contributed by atoms with Crippen LogP contribution >= 0.6 is 15.9 Å². The van der Waals surface area contributed by atoms with Crippen LogP contribution in [-0.2, 0) is 11.2 Å². The Morgan fingerprint density at radius 1 is 1.50 bits per heavy atom. The van der Waals surface area contributed by atoms with Crippen molar-refractivity contribution in [3.63, 3.8) is 0 Å². The monoisotopic (exact) mass is 311 g/mol. The van der Waals surface area contributed by atoms with Crippen molar-refractivity contribution in [3.05, 3.63) is 35.4 Å². The smallest absolute Gasteiger partial charge is 0.254 e. The first-order valence-corrected chi connectivity index (χ1v) is 7.42. The number of halogens is 1. The van der Waals surface area contributed by atoms with Crippen molar-refractivity contribution in [1.29, 1.82) is 0 Å². The van der Waals surface area contributed by atoms with Crippen LogP contribution in [0.2, 0.25) is 0 Å². The number of morpholine rings is 1. The van der Waals surface area contributed by atoms with Gasteiger partial charge in [0, 0.05) is 17.4 Å². The first-order valence-electron chi connectivity index (χ1n) is 6.30. The Kier molecular flexibility index (Phi) is 4.78. The van der Waals surface area contributed by atoms with E-state index in [-0.39, 0.29) is 11.9 Å². The molecule has 1 atom stereocenters. The van der Waals surface area contributed by atoms with Gasteiger partial charge in [-0.25, -0.2) is 0 Å². The number of hydrogen-bond donors (Lipinski definition) is 0. The summed E-state index contributed by atoms with van der Waals surface area (Å²) in [4.78, 5) is 14.5. The zero-order chi connectivity index (χ0) is 13.0. The maximum absolute atomic E-state index is 12.6. The van der Waals surface area contributed by atoms with E-state index in [9.17, 15) is 4.79 Å². The summed E-state index contributed by atoms with van der Waals surface area (Å²) in [6.45, 7) is 4.00. The van der Waals surface area contributed by atoms with E-state index < -0.39 is 0 Å². The summed E-state index contributed by atoms with van der Waals surface area (Å²) in [5.74, 6) is 0.125. The van der Waals surface area contributed by atoms with Crippen LogP contribution < -0.4 is 0 Å². The maximum atomic E-state index is 12.6. The molecule has 0 saturated carbocycles. The molecule has 18 heavy (non-hydrogen) atoms. The number of ether oxygens (including phenoxy) is 1. The highest BCUT2D eigenvalue weighted by Gasteiger charge is 2.27. The molecule has 0 aliphatic carbocycles. The molecule has 1 saturated heterocycles. The van der Waals surface area contributed by atoms with Gasteiger partial charge in [-0.2, -0.15) is 0 Å². The maximum Gasteiger partial charge on any atom is 0.254 e. The highest BCUT2D eigenvalue weighted by atomic mass is 79.9. The van der Waals surface area contributed by atoms with E-state index in [4.69, 9.17) is 4.74 Å². The summed E-state index contributed by atoms with van der Waals surface area (Å²) >= 11 is 3.45. The number of rotatable bonds is 3.